The summed E-state index contributed by atoms with van der Waals surface area (Å²) in [5.74, 6) is -0.0505. The highest BCUT2D eigenvalue weighted by molar-refractivity contribution is 6.06. The van der Waals surface area contributed by atoms with E-state index >= 15 is 0 Å². The number of hydrogen-bond donors (Lipinski definition) is 0. The Morgan fingerprint density at radius 1 is 1.32 bits per heavy atom. The van der Waals surface area contributed by atoms with Crippen molar-refractivity contribution in [3.05, 3.63) is 47.8 Å². The fraction of sp³-hybridized carbons (Fsp3) is 0.368. The highest BCUT2D eigenvalue weighted by Gasteiger charge is 2.58. The van der Waals surface area contributed by atoms with Crippen LogP contribution in [0.1, 0.15) is 25.0 Å². The molecule has 6 nitrogen and oxygen atoms in total. The minimum absolute atomic E-state index is 0.0505. The number of methoxy groups -OCH3 is 1. The first-order chi connectivity index (χ1) is 12.0. The van der Waals surface area contributed by atoms with Gasteiger partial charge in [-0.25, -0.2) is 4.98 Å². The molecule has 2 aliphatic carbocycles. The van der Waals surface area contributed by atoms with Crippen LogP contribution in [0.15, 0.2) is 42.1 Å². The second-order valence-electron chi connectivity index (χ2n) is 6.80. The van der Waals surface area contributed by atoms with Crippen molar-refractivity contribution < 1.29 is 9.53 Å². The molecule has 1 atom stereocenters. The first-order valence-corrected chi connectivity index (χ1v) is 8.22. The van der Waals surface area contributed by atoms with Crippen LogP contribution in [0.3, 0.4) is 0 Å². The van der Waals surface area contributed by atoms with Crippen molar-refractivity contribution in [1.29, 1.82) is 5.26 Å². The van der Waals surface area contributed by atoms with Crippen LogP contribution in [0.4, 0.5) is 0 Å². The Kier molecular flexibility index (Phi) is 3.37. The fourth-order valence-corrected chi connectivity index (χ4v) is 3.69. The second-order valence-corrected chi connectivity index (χ2v) is 6.80. The summed E-state index contributed by atoms with van der Waals surface area (Å²) in [5, 5.41) is 13.6. The summed E-state index contributed by atoms with van der Waals surface area (Å²) >= 11 is 0. The van der Waals surface area contributed by atoms with Crippen molar-refractivity contribution >= 4 is 5.78 Å². The summed E-state index contributed by atoms with van der Waals surface area (Å²) in [6.45, 7) is 0. The number of nitrogens with zero attached hydrogens (tertiary/aromatic N) is 4. The molecule has 0 bridgehead atoms. The van der Waals surface area contributed by atoms with Gasteiger partial charge in [-0.15, -0.1) is 0 Å². The lowest BCUT2D eigenvalue weighted by molar-refractivity contribution is -0.124. The van der Waals surface area contributed by atoms with E-state index in [9.17, 15) is 10.1 Å². The van der Waals surface area contributed by atoms with Crippen LogP contribution in [0.25, 0.3) is 11.4 Å². The van der Waals surface area contributed by atoms with Crippen LogP contribution in [0.5, 0.6) is 0 Å². The minimum Gasteiger partial charge on any atom is -0.368 e. The normalized spacial score (nSPS) is 24.0. The van der Waals surface area contributed by atoms with Crippen molar-refractivity contribution in [2.45, 2.75) is 24.9 Å². The molecule has 1 fully saturated rings. The molecule has 1 unspecified atom stereocenters. The predicted octanol–water partition coefficient (Wildman–Crippen LogP) is 2.53. The van der Waals surface area contributed by atoms with E-state index in [-0.39, 0.29) is 11.4 Å². The number of pyridine rings is 1. The SMILES string of the molecule is COC1(c2cccc(-c3ccnn3C)n2)C=C(C#N)C(=O)C2(CC2)C1. The number of Topliss-reactive ketones (excluding diaryl/α,β-unsaturated/α-hetero) is 1. The van der Waals surface area contributed by atoms with Crippen molar-refractivity contribution in [1.82, 2.24) is 14.8 Å². The number of hydrogen-bond acceptors (Lipinski definition) is 5. The third-order valence-corrected chi connectivity index (χ3v) is 5.31. The lowest BCUT2D eigenvalue weighted by Crippen LogP contribution is -2.39. The van der Waals surface area contributed by atoms with Gasteiger partial charge in [-0.3, -0.25) is 9.48 Å². The van der Waals surface area contributed by atoms with Crippen LogP contribution in [-0.2, 0) is 22.2 Å². The monoisotopic (exact) mass is 334 g/mol. The Hall–Kier alpha value is -2.78. The Balaban J connectivity index is 1.85. The number of nitriles is 1. The molecule has 0 saturated heterocycles. The summed E-state index contributed by atoms with van der Waals surface area (Å²) in [5.41, 5.74) is 1.25. The molecular weight excluding hydrogens is 316 g/mol. The van der Waals surface area contributed by atoms with E-state index in [0.29, 0.717) is 12.1 Å². The van der Waals surface area contributed by atoms with Crippen molar-refractivity contribution in [3.63, 3.8) is 0 Å². The molecule has 126 valence electrons. The second kappa shape index (κ2) is 5.36. The average molecular weight is 334 g/mol. The predicted molar refractivity (Wildman–Crippen MR) is 90.1 cm³/mol. The van der Waals surface area contributed by atoms with Crippen LogP contribution in [0, 0.1) is 16.7 Å². The minimum atomic E-state index is -0.857. The van der Waals surface area contributed by atoms with Crippen LogP contribution >= 0.6 is 0 Å². The summed E-state index contributed by atoms with van der Waals surface area (Å²) < 4.78 is 7.62. The number of carbonyl (C=O) groups excluding carboxylic acids is 1. The van der Waals surface area contributed by atoms with Gasteiger partial charge in [-0.1, -0.05) is 6.07 Å². The molecule has 25 heavy (non-hydrogen) atoms. The number of ether oxygens (including phenoxy) is 1. The van der Waals surface area contributed by atoms with Gasteiger partial charge in [0.25, 0.3) is 0 Å². The quantitative estimate of drug-likeness (QED) is 0.861. The molecule has 4 rings (SSSR count). The number of aryl methyl sites for hydroxylation is 1. The van der Waals surface area contributed by atoms with Crippen LogP contribution in [-0.4, -0.2) is 27.7 Å². The molecule has 0 N–H and O–H groups in total. The van der Waals surface area contributed by atoms with Crippen molar-refractivity contribution in [3.8, 4) is 17.5 Å². The Morgan fingerprint density at radius 2 is 2.12 bits per heavy atom. The topological polar surface area (TPSA) is 80.8 Å². The number of aromatic nitrogens is 3. The Bertz CT molecular complexity index is 933. The molecule has 2 aliphatic rings. The van der Waals surface area contributed by atoms with Gasteiger partial charge in [0.15, 0.2) is 5.78 Å². The zero-order valence-electron chi connectivity index (χ0n) is 14.2. The molecule has 1 saturated carbocycles. The van der Waals surface area contributed by atoms with Crippen molar-refractivity contribution in [2.24, 2.45) is 12.5 Å². The molecule has 0 aromatic carbocycles. The third-order valence-electron chi connectivity index (χ3n) is 5.31. The number of ketones is 1. The maximum absolute atomic E-state index is 12.5. The number of rotatable bonds is 3. The van der Waals surface area contributed by atoms with Gasteiger partial charge in [0.2, 0.25) is 0 Å². The number of carbonyl (C=O) groups is 1. The highest BCUT2D eigenvalue weighted by atomic mass is 16.5. The van der Waals surface area contributed by atoms with E-state index in [1.165, 1.54) is 0 Å². The molecule has 1 spiro atoms. The molecule has 0 radical (unpaired) electrons. The van der Waals surface area contributed by atoms with Gasteiger partial charge < -0.3 is 4.74 Å². The first-order valence-electron chi connectivity index (χ1n) is 8.22. The summed E-state index contributed by atoms with van der Waals surface area (Å²) in [6.07, 6.45) is 5.51. The van der Waals surface area contributed by atoms with Gasteiger partial charge in [0.1, 0.15) is 11.7 Å². The van der Waals surface area contributed by atoms with Crippen LogP contribution < -0.4 is 0 Å². The molecule has 2 aromatic rings. The van der Waals surface area contributed by atoms with E-state index in [2.05, 4.69) is 5.10 Å². The Morgan fingerprint density at radius 3 is 2.72 bits per heavy atom. The summed E-state index contributed by atoms with van der Waals surface area (Å²) in [4.78, 5) is 17.3. The third kappa shape index (κ3) is 2.31. The molecule has 0 amide bonds. The molecule has 2 aromatic heterocycles. The Labute approximate surface area is 145 Å². The van der Waals surface area contributed by atoms with Crippen LogP contribution in [0.2, 0.25) is 0 Å². The highest BCUT2D eigenvalue weighted by Crippen LogP contribution is 2.58. The maximum Gasteiger partial charge on any atom is 0.179 e. The van der Waals surface area contributed by atoms with Gasteiger partial charge >= 0.3 is 0 Å². The lowest BCUT2D eigenvalue weighted by Gasteiger charge is -2.36. The molecule has 2 heterocycles. The van der Waals surface area contributed by atoms with Gasteiger partial charge in [-0.2, -0.15) is 10.4 Å². The van der Waals surface area contributed by atoms with E-state index in [0.717, 1.165) is 24.2 Å². The van der Waals surface area contributed by atoms with Gasteiger partial charge in [0.05, 0.1) is 22.7 Å². The maximum atomic E-state index is 12.5. The van der Waals surface area contributed by atoms with Gasteiger partial charge in [-0.05, 0) is 43.5 Å². The largest absolute Gasteiger partial charge is 0.368 e. The zero-order valence-corrected chi connectivity index (χ0v) is 14.2. The van der Waals surface area contributed by atoms with E-state index in [4.69, 9.17) is 9.72 Å². The van der Waals surface area contributed by atoms with E-state index < -0.39 is 11.0 Å². The molecular formula is C19H18N4O2. The number of allylic oxidation sites excluding steroid dienone is 1. The average Bonchev–Trinajstić information content (AvgIpc) is 3.28. The summed E-state index contributed by atoms with van der Waals surface area (Å²) in [6, 6.07) is 9.67. The summed E-state index contributed by atoms with van der Waals surface area (Å²) in [7, 11) is 3.47. The van der Waals surface area contributed by atoms with Gasteiger partial charge in [0, 0.05) is 25.8 Å². The smallest absolute Gasteiger partial charge is 0.179 e. The molecule has 6 heteroatoms. The standard InChI is InChI=1S/C19H18N4O2/c1-23-15(6-9-21-23)14-4-3-5-16(22-14)19(25-2)10-13(11-20)17(24)18(12-19)7-8-18/h3-6,9-10H,7-8,12H2,1-2H3. The van der Waals surface area contributed by atoms with E-state index in [1.54, 1.807) is 24.1 Å². The van der Waals surface area contributed by atoms with E-state index in [1.807, 2.05) is 37.4 Å². The first kappa shape index (κ1) is 15.7. The zero-order chi connectivity index (χ0) is 17.7. The molecule has 0 aliphatic heterocycles. The lowest BCUT2D eigenvalue weighted by atomic mass is 9.74. The van der Waals surface area contributed by atoms with Crippen molar-refractivity contribution in [2.75, 3.05) is 7.11 Å². The fourth-order valence-electron chi connectivity index (χ4n) is 3.69.